The molecule has 1 aliphatic carbocycles. The van der Waals surface area contributed by atoms with Crippen molar-refractivity contribution in [2.45, 2.75) is 24.4 Å². The highest BCUT2D eigenvalue weighted by Gasteiger charge is 2.57. The molecular formula is C30H29Cl2IN4O3. The molecule has 0 bridgehead atoms. The molecule has 3 aromatic carbocycles. The molecule has 2 heterocycles. The Balaban J connectivity index is 1.50. The van der Waals surface area contributed by atoms with Crippen LogP contribution in [0.2, 0.25) is 10.0 Å². The molecule has 2 N–H and O–H groups in total. The Morgan fingerprint density at radius 3 is 2.35 bits per heavy atom. The molecule has 0 spiro atoms. The van der Waals surface area contributed by atoms with Gasteiger partial charge in [0, 0.05) is 34.8 Å². The van der Waals surface area contributed by atoms with Gasteiger partial charge in [-0.25, -0.2) is 0 Å². The Morgan fingerprint density at radius 1 is 0.950 bits per heavy atom. The first-order valence-electron chi connectivity index (χ1n) is 13.3. The van der Waals surface area contributed by atoms with E-state index < -0.39 is 11.6 Å². The summed E-state index contributed by atoms with van der Waals surface area (Å²) in [5.41, 5.74) is 8.73. The van der Waals surface area contributed by atoms with Crippen molar-refractivity contribution in [3.05, 3.63) is 91.0 Å². The molecule has 0 aromatic heterocycles. The van der Waals surface area contributed by atoms with Gasteiger partial charge in [0.1, 0.15) is 6.04 Å². The van der Waals surface area contributed by atoms with Crippen LogP contribution in [0.15, 0.2) is 60.7 Å². The first kappa shape index (κ1) is 27.8. The van der Waals surface area contributed by atoms with E-state index in [9.17, 15) is 9.59 Å². The summed E-state index contributed by atoms with van der Waals surface area (Å²) in [4.78, 5) is 35.3. The first-order chi connectivity index (χ1) is 19.3. The smallest absolute Gasteiger partial charge is 0.257 e. The number of hydrogen-bond acceptors (Lipinski definition) is 5. The predicted octanol–water partition coefficient (Wildman–Crippen LogP) is 5.73. The molecule has 208 valence electrons. The molecule has 3 aliphatic rings. The number of ether oxygens (including phenoxy) is 1. The first-order valence-corrected chi connectivity index (χ1v) is 15.2. The Morgan fingerprint density at radius 2 is 1.68 bits per heavy atom. The molecule has 1 saturated carbocycles. The van der Waals surface area contributed by atoms with Crippen molar-refractivity contribution in [3.8, 4) is 0 Å². The van der Waals surface area contributed by atoms with Gasteiger partial charge in [-0.15, -0.1) is 0 Å². The number of fused-ring (bicyclic) bond motifs is 1. The summed E-state index contributed by atoms with van der Waals surface area (Å²) in [5.74, 6) is -0.321. The van der Waals surface area contributed by atoms with Gasteiger partial charge in [-0.2, -0.15) is 0 Å². The maximum Gasteiger partial charge on any atom is 0.257 e. The van der Waals surface area contributed by atoms with Crippen LogP contribution in [0, 0.1) is 3.57 Å². The van der Waals surface area contributed by atoms with Gasteiger partial charge < -0.3 is 20.3 Å². The summed E-state index contributed by atoms with van der Waals surface area (Å²) in [6, 6.07) is 17.6. The molecule has 40 heavy (non-hydrogen) atoms. The second-order valence-corrected chi connectivity index (χ2v) is 12.6. The number of amides is 2. The molecule has 3 aromatic rings. The van der Waals surface area contributed by atoms with Crippen molar-refractivity contribution >= 4 is 69.0 Å². The Kier molecular flexibility index (Phi) is 7.73. The number of halogens is 3. The summed E-state index contributed by atoms with van der Waals surface area (Å²) in [5, 5.41) is 1.03. The highest BCUT2D eigenvalue weighted by molar-refractivity contribution is 14.1. The molecule has 0 radical (unpaired) electrons. The number of nitrogens with zero attached hydrogens (tertiary/aromatic N) is 3. The monoisotopic (exact) mass is 690 g/mol. The van der Waals surface area contributed by atoms with Crippen LogP contribution in [0.1, 0.15) is 40.4 Å². The van der Waals surface area contributed by atoms with Crippen LogP contribution in [-0.2, 0) is 15.1 Å². The second-order valence-electron chi connectivity index (χ2n) is 10.5. The van der Waals surface area contributed by atoms with Gasteiger partial charge in [0.25, 0.3) is 11.8 Å². The largest absolute Gasteiger partial charge is 0.398 e. The zero-order chi connectivity index (χ0) is 28.0. The predicted molar refractivity (Wildman–Crippen MR) is 166 cm³/mol. The zero-order valence-corrected chi connectivity index (χ0v) is 25.5. The number of morpholine rings is 1. The lowest BCUT2D eigenvalue weighted by molar-refractivity contribution is -0.124. The molecule has 1 atom stereocenters. The third kappa shape index (κ3) is 5.09. The number of hydrogen-bond donors (Lipinski definition) is 1. The second kappa shape index (κ2) is 11.1. The minimum Gasteiger partial charge on any atom is -0.398 e. The topological polar surface area (TPSA) is 79.1 Å². The molecule has 2 amide bonds. The lowest BCUT2D eigenvalue weighted by Gasteiger charge is -2.38. The average molecular weight is 691 g/mol. The van der Waals surface area contributed by atoms with Crippen molar-refractivity contribution in [1.82, 2.24) is 9.80 Å². The minimum absolute atomic E-state index is 0.142. The van der Waals surface area contributed by atoms with Gasteiger partial charge in [-0.05, 0) is 89.0 Å². The van der Waals surface area contributed by atoms with Crippen LogP contribution >= 0.6 is 45.8 Å². The van der Waals surface area contributed by atoms with Crippen LogP contribution in [0.4, 0.5) is 11.4 Å². The van der Waals surface area contributed by atoms with E-state index in [1.807, 2.05) is 42.5 Å². The maximum atomic E-state index is 14.7. The van der Waals surface area contributed by atoms with Crippen LogP contribution in [0.5, 0.6) is 0 Å². The molecule has 0 unspecified atom stereocenters. The van der Waals surface area contributed by atoms with Gasteiger partial charge in [-0.3, -0.25) is 14.5 Å². The summed E-state index contributed by atoms with van der Waals surface area (Å²) < 4.78 is 6.44. The number of carbonyl (C=O) groups excluding carboxylic acids is 2. The van der Waals surface area contributed by atoms with Crippen LogP contribution in [0.25, 0.3) is 0 Å². The highest BCUT2D eigenvalue weighted by atomic mass is 127. The van der Waals surface area contributed by atoms with E-state index in [-0.39, 0.29) is 11.8 Å². The fraction of sp³-hybridized carbons (Fsp3) is 0.333. The summed E-state index contributed by atoms with van der Waals surface area (Å²) >= 11 is 14.7. The molecule has 1 saturated heterocycles. The van der Waals surface area contributed by atoms with Gasteiger partial charge >= 0.3 is 0 Å². The van der Waals surface area contributed by atoms with Crippen LogP contribution < -0.4 is 10.6 Å². The van der Waals surface area contributed by atoms with E-state index >= 15 is 0 Å². The lowest BCUT2D eigenvalue weighted by Crippen LogP contribution is -2.49. The van der Waals surface area contributed by atoms with Crippen LogP contribution in [-0.4, -0.2) is 61.0 Å². The lowest BCUT2D eigenvalue weighted by atomic mass is 9.95. The van der Waals surface area contributed by atoms with Gasteiger partial charge in [0.05, 0.1) is 40.7 Å². The van der Waals surface area contributed by atoms with E-state index in [2.05, 4.69) is 27.5 Å². The van der Waals surface area contributed by atoms with Gasteiger partial charge in [0.2, 0.25) is 0 Å². The molecule has 10 heteroatoms. The molecule has 2 aliphatic heterocycles. The van der Waals surface area contributed by atoms with Crippen molar-refractivity contribution < 1.29 is 14.3 Å². The Hall–Kier alpha value is -2.37. The van der Waals surface area contributed by atoms with E-state index in [1.165, 1.54) is 0 Å². The quantitative estimate of drug-likeness (QED) is 0.264. The van der Waals surface area contributed by atoms with Crippen molar-refractivity contribution in [3.63, 3.8) is 0 Å². The number of carbonyl (C=O) groups is 2. The number of benzene rings is 3. The fourth-order valence-electron chi connectivity index (χ4n) is 5.83. The standard InChI is InChI=1S/C30H29Cl2IN4O3/c31-21-4-1-19(2-5-21)27-29(39)36(12-11-35-13-15-40-16-14-35)26-8-6-22(33)18-23(26)28(38)37(27)30(9-10-30)20-3-7-24(32)25(34)17-20/h1-8,17-18,27H,9-16,34H2/t27-/m0/s1. The van der Waals surface area contributed by atoms with E-state index in [0.29, 0.717) is 66.1 Å². The van der Waals surface area contributed by atoms with Crippen molar-refractivity contribution in [2.75, 3.05) is 50.0 Å². The third-order valence-corrected chi connectivity index (χ3v) is 9.37. The Labute approximate surface area is 257 Å². The van der Waals surface area contributed by atoms with Gasteiger partial charge in [-0.1, -0.05) is 41.4 Å². The Bertz CT molecular complexity index is 1460. The fourth-order valence-corrected chi connectivity index (χ4v) is 6.57. The third-order valence-electron chi connectivity index (χ3n) is 8.10. The summed E-state index contributed by atoms with van der Waals surface area (Å²) in [7, 11) is 0. The zero-order valence-electron chi connectivity index (χ0n) is 21.8. The van der Waals surface area contributed by atoms with E-state index in [0.717, 1.165) is 27.8 Å². The number of rotatable bonds is 6. The maximum absolute atomic E-state index is 14.7. The number of nitrogens with two attached hydrogens (primary N) is 1. The minimum atomic E-state index is -0.848. The summed E-state index contributed by atoms with van der Waals surface area (Å²) in [6.45, 7) is 4.12. The number of anilines is 2. The molecule has 2 fully saturated rings. The van der Waals surface area contributed by atoms with Crippen molar-refractivity contribution in [2.24, 2.45) is 0 Å². The molecule has 6 rings (SSSR count). The molecular weight excluding hydrogens is 662 g/mol. The van der Waals surface area contributed by atoms with Crippen molar-refractivity contribution in [1.29, 1.82) is 0 Å². The SMILES string of the molecule is Nc1cc(C2(N3C(=O)c4cc(I)ccc4N(CCN4CCOCC4)C(=O)[C@@H]3c3ccc(Cl)cc3)CC2)ccc1Cl. The average Bonchev–Trinajstić information content (AvgIpc) is 3.76. The highest BCUT2D eigenvalue weighted by Crippen LogP contribution is 2.56. The normalized spacial score (nSPS) is 20.8. The van der Waals surface area contributed by atoms with Gasteiger partial charge in [0.15, 0.2) is 0 Å². The number of nitrogen functional groups attached to an aromatic ring is 1. The van der Waals surface area contributed by atoms with Crippen LogP contribution in [0.3, 0.4) is 0 Å². The van der Waals surface area contributed by atoms with E-state index in [4.69, 9.17) is 33.7 Å². The molecule has 7 nitrogen and oxygen atoms in total. The van der Waals surface area contributed by atoms with E-state index in [1.54, 1.807) is 28.0 Å². The summed E-state index contributed by atoms with van der Waals surface area (Å²) in [6.07, 6.45) is 1.43.